The lowest BCUT2D eigenvalue weighted by Gasteiger charge is -2.17. The molecule has 1 aromatic heterocycles. The first-order chi connectivity index (χ1) is 14.6. The first kappa shape index (κ1) is 18.0. The second kappa shape index (κ2) is 7.07. The minimum absolute atomic E-state index is 0.128. The van der Waals surface area contributed by atoms with Gasteiger partial charge >= 0.3 is 11.1 Å². The Morgan fingerprint density at radius 2 is 1.80 bits per heavy atom. The summed E-state index contributed by atoms with van der Waals surface area (Å²) in [5, 5.41) is 6.98. The van der Waals surface area contributed by atoms with Gasteiger partial charge in [-0.05, 0) is 24.3 Å². The van der Waals surface area contributed by atoms with E-state index in [4.69, 9.17) is 9.47 Å². The molecule has 30 heavy (non-hydrogen) atoms. The Hall–Kier alpha value is -4.08. The van der Waals surface area contributed by atoms with Crippen molar-refractivity contribution in [2.75, 3.05) is 23.6 Å². The van der Waals surface area contributed by atoms with Crippen LogP contribution in [-0.2, 0) is 17.9 Å². The highest BCUT2D eigenvalue weighted by Crippen LogP contribution is 2.34. The summed E-state index contributed by atoms with van der Waals surface area (Å²) in [5.74, 6) is 0.967. The molecule has 10 nitrogen and oxygen atoms in total. The third-order valence-corrected chi connectivity index (χ3v) is 4.92. The Balaban J connectivity index is 1.41. The molecular formula is C20H17N5O5. The van der Waals surface area contributed by atoms with E-state index in [1.165, 1.54) is 4.57 Å². The molecule has 0 aliphatic carbocycles. The molecule has 2 aromatic carbocycles. The van der Waals surface area contributed by atoms with E-state index in [9.17, 15) is 14.4 Å². The third-order valence-electron chi connectivity index (χ3n) is 4.92. The monoisotopic (exact) mass is 407 g/mol. The fourth-order valence-corrected chi connectivity index (χ4v) is 3.50. The number of benzene rings is 2. The minimum atomic E-state index is -0.838. The van der Waals surface area contributed by atoms with Crippen molar-refractivity contribution in [3.8, 4) is 11.5 Å². The number of carbonyl (C=O) groups excluding carboxylic acids is 1. The van der Waals surface area contributed by atoms with Gasteiger partial charge in [0, 0.05) is 30.5 Å². The number of carbonyl (C=O) groups is 1. The van der Waals surface area contributed by atoms with Gasteiger partial charge < -0.3 is 19.7 Å². The molecule has 10 heteroatoms. The maximum atomic E-state index is 12.5. The molecule has 2 aliphatic heterocycles. The number of aromatic nitrogens is 3. The summed E-state index contributed by atoms with van der Waals surface area (Å²) in [4.78, 5) is 39.3. The SMILES string of the molecule is O=C(Cn1nc2n(c(=O)c1=O)CCN2c1ccccc1)Nc1ccc2c(c1)OCO2. The van der Waals surface area contributed by atoms with E-state index < -0.39 is 17.0 Å². The van der Waals surface area contributed by atoms with Crippen LogP contribution in [0.3, 0.4) is 0 Å². The van der Waals surface area contributed by atoms with E-state index in [-0.39, 0.29) is 13.3 Å². The average molecular weight is 407 g/mol. The Kier molecular flexibility index (Phi) is 4.24. The van der Waals surface area contributed by atoms with Gasteiger partial charge in [0.05, 0.1) is 0 Å². The summed E-state index contributed by atoms with van der Waals surface area (Å²) in [5.41, 5.74) is -0.199. The Bertz CT molecular complexity index is 1250. The quantitative estimate of drug-likeness (QED) is 0.641. The second-order valence-corrected chi connectivity index (χ2v) is 6.82. The topological polar surface area (TPSA) is 108 Å². The number of nitrogens with one attached hydrogen (secondary N) is 1. The number of hydrogen-bond donors (Lipinski definition) is 1. The number of para-hydroxylation sites is 1. The molecule has 152 valence electrons. The summed E-state index contributed by atoms with van der Waals surface area (Å²) < 4.78 is 12.8. The minimum Gasteiger partial charge on any atom is -0.454 e. The zero-order valence-electron chi connectivity index (χ0n) is 15.8. The zero-order valence-corrected chi connectivity index (χ0v) is 15.8. The average Bonchev–Trinajstić information content (AvgIpc) is 3.39. The Labute approximate surface area is 169 Å². The predicted molar refractivity (Wildman–Crippen MR) is 107 cm³/mol. The van der Waals surface area contributed by atoms with Crippen LogP contribution in [0.1, 0.15) is 0 Å². The van der Waals surface area contributed by atoms with Crippen LogP contribution in [0.4, 0.5) is 17.3 Å². The summed E-state index contributed by atoms with van der Waals surface area (Å²) in [6, 6.07) is 14.4. The van der Waals surface area contributed by atoms with Crippen LogP contribution in [0.25, 0.3) is 0 Å². The highest BCUT2D eigenvalue weighted by Gasteiger charge is 2.26. The number of nitrogens with zero attached hydrogens (tertiary/aromatic N) is 4. The fourth-order valence-electron chi connectivity index (χ4n) is 3.50. The highest BCUT2D eigenvalue weighted by molar-refractivity contribution is 5.90. The van der Waals surface area contributed by atoms with Gasteiger partial charge in [-0.1, -0.05) is 18.2 Å². The number of fused-ring (bicyclic) bond motifs is 2. The molecule has 0 bridgehead atoms. The standard InChI is InChI=1S/C20H17N5O5/c26-17(21-13-6-7-15-16(10-13)30-12-29-15)11-25-19(28)18(27)24-9-8-23(20(24)22-25)14-4-2-1-3-5-14/h1-7,10H,8-9,11-12H2,(H,21,26). The van der Waals surface area contributed by atoms with Crippen LogP contribution in [0.5, 0.6) is 11.5 Å². The van der Waals surface area contributed by atoms with E-state index in [1.54, 1.807) is 18.2 Å². The van der Waals surface area contributed by atoms with Crippen LogP contribution in [0.15, 0.2) is 58.1 Å². The largest absolute Gasteiger partial charge is 0.454 e. The Morgan fingerprint density at radius 3 is 2.63 bits per heavy atom. The summed E-state index contributed by atoms with van der Waals surface area (Å²) in [6.07, 6.45) is 0. The van der Waals surface area contributed by atoms with Crippen molar-refractivity contribution in [1.29, 1.82) is 0 Å². The number of anilines is 3. The highest BCUT2D eigenvalue weighted by atomic mass is 16.7. The Morgan fingerprint density at radius 1 is 1.00 bits per heavy atom. The van der Waals surface area contributed by atoms with Crippen molar-refractivity contribution in [3.05, 3.63) is 69.2 Å². The van der Waals surface area contributed by atoms with Gasteiger partial charge in [0.15, 0.2) is 11.5 Å². The number of rotatable bonds is 4. The van der Waals surface area contributed by atoms with E-state index in [2.05, 4.69) is 10.4 Å². The lowest BCUT2D eigenvalue weighted by Crippen LogP contribution is -2.44. The van der Waals surface area contributed by atoms with E-state index in [0.717, 1.165) is 10.4 Å². The zero-order chi connectivity index (χ0) is 20.7. The number of amides is 1. The van der Waals surface area contributed by atoms with Crippen LogP contribution in [0.2, 0.25) is 0 Å². The van der Waals surface area contributed by atoms with Crippen molar-refractivity contribution in [3.63, 3.8) is 0 Å². The van der Waals surface area contributed by atoms with Gasteiger partial charge in [0.2, 0.25) is 18.6 Å². The molecule has 0 saturated carbocycles. The van der Waals surface area contributed by atoms with Crippen molar-refractivity contribution in [1.82, 2.24) is 14.3 Å². The smallest absolute Gasteiger partial charge is 0.333 e. The van der Waals surface area contributed by atoms with E-state index >= 15 is 0 Å². The van der Waals surface area contributed by atoms with Crippen LogP contribution < -0.4 is 30.8 Å². The van der Waals surface area contributed by atoms with Crippen molar-refractivity contribution >= 4 is 23.2 Å². The van der Waals surface area contributed by atoms with Crippen LogP contribution in [-0.4, -0.2) is 33.6 Å². The van der Waals surface area contributed by atoms with Gasteiger partial charge in [0.25, 0.3) is 0 Å². The maximum Gasteiger partial charge on any atom is 0.333 e. The summed E-state index contributed by atoms with van der Waals surface area (Å²) in [6.45, 7) is 0.608. The molecule has 3 aromatic rings. The third kappa shape index (κ3) is 3.08. The van der Waals surface area contributed by atoms with Crippen LogP contribution in [0, 0.1) is 0 Å². The van der Waals surface area contributed by atoms with E-state index in [1.807, 2.05) is 35.2 Å². The first-order valence-corrected chi connectivity index (χ1v) is 9.34. The second-order valence-electron chi connectivity index (χ2n) is 6.82. The molecule has 1 amide bonds. The normalized spacial score (nSPS) is 13.9. The lowest BCUT2D eigenvalue weighted by molar-refractivity contribution is -0.117. The molecule has 0 unspecified atom stereocenters. The van der Waals surface area contributed by atoms with E-state index in [0.29, 0.717) is 36.2 Å². The lowest BCUT2D eigenvalue weighted by atomic mass is 10.3. The van der Waals surface area contributed by atoms with Gasteiger partial charge in [-0.3, -0.25) is 19.0 Å². The van der Waals surface area contributed by atoms with Gasteiger partial charge in [-0.2, -0.15) is 0 Å². The molecule has 1 N–H and O–H groups in total. The first-order valence-electron chi connectivity index (χ1n) is 9.34. The molecule has 5 rings (SSSR count). The van der Waals surface area contributed by atoms with Crippen LogP contribution >= 0.6 is 0 Å². The fraction of sp³-hybridized carbons (Fsp3) is 0.200. The maximum absolute atomic E-state index is 12.5. The molecule has 0 spiro atoms. The van der Waals surface area contributed by atoms with Crippen molar-refractivity contribution < 1.29 is 14.3 Å². The van der Waals surface area contributed by atoms with Gasteiger partial charge in [0.1, 0.15) is 6.54 Å². The van der Waals surface area contributed by atoms with Gasteiger partial charge in [-0.15, -0.1) is 5.10 Å². The summed E-state index contributed by atoms with van der Waals surface area (Å²) in [7, 11) is 0. The number of hydrogen-bond acceptors (Lipinski definition) is 7. The van der Waals surface area contributed by atoms with Gasteiger partial charge in [-0.25, -0.2) is 4.68 Å². The molecule has 0 radical (unpaired) electrons. The molecule has 3 heterocycles. The van der Waals surface area contributed by atoms with Crippen molar-refractivity contribution in [2.24, 2.45) is 0 Å². The predicted octanol–water partition coefficient (Wildman–Crippen LogP) is 0.924. The molecular weight excluding hydrogens is 390 g/mol. The summed E-state index contributed by atoms with van der Waals surface area (Å²) >= 11 is 0. The molecule has 0 atom stereocenters. The van der Waals surface area contributed by atoms with Crippen molar-refractivity contribution in [2.45, 2.75) is 13.1 Å². The molecule has 0 fully saturated rings. The molecule has 2 aliphatic rings. The molecule has 0 saturated heterocycles. The number of ether oxygens (including phenoxy) is 2.